The van der Waals surface area contributed by atoms with E-state index in [9.17, 15) is 18.0 Å². The average Bonchev–Trinajstić information content (AvgIpc) is 2.76. The molecule has 18 heavy (non-hydrogen) atoms. The Bertz CT molecular complexity index is 561. The highest BCUT2D eigenvalue weighted by atomic mass is 32.2. The van der Waals surface area contributed by atoms with Crippen molar-refractivity contribution in [1.29, 1.82) is 0 Å². The van der Waals surface area contributed by atoms with E-state index in [1.165, 1.54) is 12.5 Å². The van der Waals surface area contributed by atoms with Gasteiger partial charge in [0.25, 0.3) is 10.0 Å². The number of nitrogens with zero attached hydrogens (tertiary/aromatic N) is 1. The SMILES string of the molecule is COC(=O)c1csc(S(=O)(=O)N(C)CC(=O)O)c1. The Morgan fingerprint density at radius 1 is 1.50 bits per heavy atom. The maximum absolute atomic E-state index is 11.9. The van der Waals surface area contributed by atoms with Crippen LogP contribution < -0.4 is 0 Å². The molecule has 100 valence electrons. The van der Waals surface area contributed by atoms with Gasteiger partial charge in [-0.15, -0.1) is 11.3 Å². The molecule has 1 N–H and O–H groups in total. The van der Waals surface area contributed by atoms with Crippen molar-refractivity contribution in [2.45, 2.75) is 4.21 Å². The minimum atomic E-state index is -3.89. The molecular formula is C9H11NO6S2. The van der Waals surface area contributed by atoms with Crippen LogP contribution in [-0.2, 0) is 19.6 Å². The summed E-state index contributed by atoms with van der Waals surface area (Å²) in [7, 11) is -1.55. The van der Waals surface area contributed by atoms with Gasteiger partial charge in [-0.2, -0.15) is 4.31 Å². The van der Waals surface area contributed by atoms with Gasteiger partial charge in [-0.05, 0) is 6.07 Å². The van der Waals surface area contributed by atoms with Gasteiger partial charge in [0.15, 0.2) is 0 Å². The number of carbonyl (C=O) groups is 2. The van der Waals surface area contributed by atoms with Gasteiger partial charge in [0.2, 0.25) is 0 Å². The van der Waals surface area contributed by atoms with Crippen LogP contribution in [0.15, 0.2) is 15.7 Å². The Balaban J connectivity index is 3.02. The molecule has 0 saturated heterocycles. The molecule has 0 bridgehead atoms. The summed E-state index contributed by atoms with van der Waals surface area (Å²) in [4.78, 5) is 21.7. The second-order valence-corrected chi connectivity index (χ2v) is 6.48. The van der Waals surface area contributed by atoms with Crippen molar-refractivity contribution in [3.63, 3.8) is 0 Å². The fourth-order valence-electron chi connectivity index (χ4n) is 1.11. The number of carboxylic acids is 1. The predicted molar refractivity (Wildman–Crippen MR) is 63.1 cm³/mol. The number of sulfonamides is 1. The normalized spacial score (nSPS) is 11.5. The van der Waals surface area contributed by atoms with Crippen LogP contribution in [0.2, 0.25) is 0 Å². The molecule has 0 aliphatic rings. The molecule has 0 fully saturated rings. The van der Waals surface area contributed by atoms with E-state index in [1.807, 2.05) is 0 Å². The molecule has 0 radical (unpaired) electrons. The third kappa shape index (κ3) is 3.06. The molecule has 1 heterocycles. The molecule has 1 rings (SSSR count). The summed E-state index contributed by atoms with van der Waals surface area (Å²) in [6, 6.07) is 1.16. The molecule has 1 aromatic heterocycles. The monoisotopic (exact) mass is 293 g/mol. The number of thiophene rings is 1. The maximum Gasteiger partial charge on any atom is 0.338 e. The Hall–Kier alpha value is -1.45. The third-order valence-electron chi connectivity index (χ3n) is 2.02. The number of esters is 1. The molecule has 9 heteroatoms. The lowest BCUT2D eigenvalue weighted by atomic mass is 10.3. The lowest BCUT2D eigenvalue weighted by molar-refractivity contribution is -0.137. The molecule has 1 aromatic rings. The number of carbonyl (C=O) groups excluding carboxylic acids is 1. The predicted octanol–water partition coefficient (Wildman–Crippen LogP) is 0.240. The van der Waals surface area contributed by atoms with Gasteiger partial charge in [0.1, 0.15) is 10.8 Å². The summed E-state index contributed by atoms with van der Waals surface area (Å²) >= 11 is 0.832. The maximum atomic E-state index is 11.9. The molecular weight excluding hydrogens is 282 g/mol. The number of ether oxygens (including phenoxy) is 1. The first-order chi connectivity index (χ1) is 8.28. The second-order valence-electron chi connectivity index (χ2n) is 3.30. The van der Waals surface area contributed by atoms with Crippen molar-refractivity contribution in [2.75, 3.05) is 20.7 Å². The summed E-state index contributed by atoms with van der Waals surface area (Å²) in [5.41, 5.74) is 0.116. The standard InChI is InChI=1S/C9H11NO6S2/c1-10(4-7(11)12)18(14,15)8-3-6(5-17-8)9(13)16-2/h3,5H,4H2,1-2H3,(H,11,12). The molecule has 0 saturated carbocycles. The Morgan fingerprint density at radius 2 is 2.11 bits per heavy atom. The minimum Gasteiger partial charge on any atom is -0.480 e. The second kappa shape index (κ2) is 5.46. The molecule has 0 aliphatic carbocycles. The van der Waals surface area contributed by atoms with E-state index in [4.69, 9.17) is 5.11 Å². The van der Waals surface area contributed by atoms with Crippen molar-refractivity contribution in [3.05, 3.63) is 17.0 Å². The van der Waals surface area contributed by atoms with Crippen molar-refractivity contribution >= 4 is 33.3 Å². The van der Waals surface area contributed by atoms with Crippen LogP contribution in [0.5, 0.6) is 0 Å². The zero-order chi connectivity index (χ0) is 13.9. The largest absolute Gasteiger partial charge is 0.480 e. The number of rotatable bonds is 5. The lowest BCUT2D eigenvalue weighted by Gasteiger charge is -2.12. The van der Waals surface area contributed by atoms with E-state index in [0.717, 1.165) is 24.5 Å². The first kappa shape index (κ1) is 14.6. The molecule has 0 amide bonds. The number of aliphatic carboxylic acids is 1. The Morgan fingerprint density at radius 3 is 2.61 bits per heavy atom. The zero-order valence-corrected chi connectivity index (χ0v) is 11.2. The van der Waals surface area contributed by atoms with E-state index in [1.54, 1.807) is 0 Å². The van der Waals surface area contributed by atoms with Gasteiger partial charge in [-0.25, -0.2) is 13.2 Å². The Kier molecular flexibility index (Phi) is 4.43. The summed E-state index contributed by atoms with van der Waals surface area (Å²) in [5.74, 6) is -1.90. The van der Waals surface area contributed by atoms with Crippen molar-refractivity contribution in [2.24, 2.45) is 0 Å². The first-order valence-electron chi connectivity index (χ1n) is 4.64. The van der Waals surface area contributed by atoms with Crippen LogP contribution in [-0.4, -0.2) is 50.5 Å². The molecule has 0 aliphatic heterocycles. The van der Waals surface area contributed by atoms with Crippen molar-refractivity contribution < 1.29 is 27.9 Å². The van der Waals surface area contributed by atoms with Gasteiger partial charge in [0.05, 0.1) is 12.7 Å². The number of likely N-dealkylation sites (N-methyl/N-ethyl adjacent to an activating group) is 1. The van der Waals surface area contributed by atoms with Crippen molar-refractivity contribution in [3.8, 4) is 0 Å². The van der Waals surface area contributed by atoms with Gasteiger partial charge in [0, 0.05) is 12.4 Å². The number of methoxy groups -OCH3 is 1. The quantitative estimate of drug-likeness (QED) is 0.780. The molecule has 0 spiro atoms. The number of hydrogen-bond donors (Lipinski definition) is 1. The highest BCUT2D eigenvalue weighted by Crippen LogP contribution is 2.23. The van der Waals surface area contributed by atoms with Gasteiger partial charge < -0.3 is 9.84 Å². The van der Waals surface area contributed by atoms with E-state index in [-0.39, 0.29) is 9.77 Å². The van der Waals surface area contributed by atoms with Crippen LogP contribution in [0, 0.1) is 0 Å². The average molecular weight is 293 g/mol. The summed E-state index contributed by atoms with van der Waals surface area (Å²) in [5, 5.41) is 9.89. The van der Waals surface area contributed by atoms with Crippen LogP contribution in [0.3, 0.4) is 0 Å². The topological polar surface area (TPSA) is 101 Å². The number of hydrogen-bond acceptors (Lipinski definition) is 6. The summed E-state index contributed by atoms with van der Waals surface area (Å²) < 4.78 is 28.9. The zero-order valence-electron chi connectivity index (χ0n) is 9.61. The number of carboxylic acid groups (broad SMARTS) is 1. The highest BCUT2D eigenvalue weighted by molar-refractivity contribution is 7.91. The van der Waals surface area contributed by atoms with Crippen LogP contribution in [0.4, 0.5) is 0 Å². The summed E-state index contributed by atoms with van der Waals surface area (Å²) in [6.45, 7) is -0.645. The first-order valence-corrected chi connectivity index (χ1v) is 6.96. The molecule has 0 atom stereocenters. The molecule has 7 nitrogen and oxygen atoms in total. The third-order valence-corrected chi connectivity index (χ3v) is 5.24. The Labute approximate surface area is 108 Å². The highest BCUT2D eigenvalue weighted by Gasteiger charge is 2.25. The van der Waals surface area contributed by atoms with Crippen LogP contribution in [0.25, 0.3) is 0 Å². The smallest absolute Gasteiger partial charge is 0.338 e. The van der Waals surface area contributed by atoms with Gasteiger partial charge in [-0.3, -0.25) is 4.79 Å². The summed E-state index contributed by atoms with van der Waals surface area (Å²) in [6.07, 6.45) is 0. The van der Waals surface area contributed by atoms with E-state index < -0.39 is 28.5 Å². The van der Waals surface area contributed by atoms with E-state index in [0.29, 0.717) is 4.31 Å². The fourth-order valence-corrected chi connectivity index (χ4v) is 3.58. The molecule has 0 unspecified atom stereocenters. The van der Waals surface area contributed by atoms with E-state index in [2.05, 4.69) is 4.74 Å². The minimum absolute atomic E-state index is 0.105. The van der Waals surface area contributed by atoms with Gasteiger partial charge in [-0.1, -0.05) is 0 Å². The van der Waals surface area contributed by atoms with Crippen molar-refractivity contribution in [1.82, 2.24) is 4.31 Å². The lowest BCUT2D eigenvalue weighted by Crippen LogP contribution is -2.31. The van der Waals surface area contributed by atoms with E-state index >= 15 is 0 Å². The van der Waals surface area contributed by atoms with Crippen LogP contribution >= 0.6 is 11.3 Å². The van der Waals surface area contributed by atoms with Gasteiger partial charge >= 0.3 is 11.9 Å². The van der Waals surface area contributed by atoms with Crippen LogP contribution in [0.1, 0.15) is 10.4 Å². The molecule has 0 aromatic carbocycles. The fraction of sp³-hybridized carbons (Fsp3) is 0.333.